The van der Waals surface area contributed by atoms with Crippen LogP contribution in [0.4, 0.5) is 20.6 Å². The van der Waals surface area contributed by atoms with Gasteiger partial charge < -0.3 is 20.1 Å². The number of anilines is 1. The normalized spacial score (nSPS) is 13.6. The molecule has 3 aromatic rings. The molecule has 12 heteroatoms. The Morgan fingerprint density at radius 3 is 2.64 bits per heavy atom. The first kappa shape index (κ1) is 29.5. The summed E-state index contributed by atoms with van der Waals surface area (Å²) in [5.41, 5.74) is 1.54. The first-order valence-corrected chi connectivity index (χ1v) is 12.9. The van der Waals surface area contributed by atoms with Crippen molar-refractivity contribution in [3.8, 4) is 11.5 Å². The van der Waals surface area contributed by atoms with Crippen LogP contribution in [0.2, 0.25) is 0 Å². The zero-order valence-corrected chi connectivity index (χ0v) is 22.6. The minimum atomic E-state index is -0.803. The standard InChI is InChI=1S/C30H27FN4O7/c1-3-8-21-13-20(16-26(41-4-2)28(21)42-18-19-9-7-10-22(14-19)35(39)40)15-25-29(37)34(30(38)33-25)17-27(36)32-24-12-6-5-11-23(24)31/h3,5-7,9-16H,1,4,8,17-18H2,2H3,(H,32,36)(H,33,38)/b25-15+. The second-order valence-electron chi connectivity index (χ2n) is 9.06. The van der Waals surface area contributed by atoms with Crippen molar-refractivity contribution < 1.29 is 33.2 Å². The Balaban J connectivity index is 1.56. The second-order valence-corrected chi connectivity index (χ2v) is 9.06. The van der Waals surface area contributed by atoms with Crippen LogP contribution in [0.3, 0.4) is 0 Å². The number of nitrogens with one attached hydrogen (secondary N) is 2. The number of hydrogen-bond donors (Lipinski definition) is 2. The van der Waals surface area contributed by atoms with Gasteiger partial charge >= 0.3 is 6.03 Å². The predicted molar refractivity (Wildman–Crippen MR) is 152 cm³/mol. The first-order chi connectivity index (χ1) is 20.2. The second kappa shape index (κ2) is 13.2. The van der Waals surface area contributed by atoms with E-state index in [2.05, 4.69) is 17.2 Å². The van der Waals surface area contributed by atoms with Crippen molar-refractivity contribution in [3.63, 3.8) is 0 Å². The number of nitrogens with zero attached hydrogens (tertiary/aromatic N) is 2. The molecule has 1 fully saturated rings. The van der Waals surface area contributed by atoms with Gasteiger partial charge in [0.15, 0.2) is 11.5 Å². The van der Waals surface area contributed by atoms with E-state index in [0.29, 0.717) is 46.1 Å². The summed E-state index contributed by atoms with van der Waals surface area (Å²) in [4.78, 5) is 49.3. The number of halogens is 1. The molecule has 0 aliphatic carbocycles. The van der Waals surface area contributed by atoms with Crippen LogP contribution in [0.15, 0.2) is 79.0 Å². The number of amides is 4. The molecule has 0 bridgehead atoms. The molecule has 216 valence electrons. The fourth-order valence-electron chi connectivity index (χ4n) is 4.19. The van der Waals surface area contributed by atoms with Crippen molar-refractivity contribution >= 4 is 35.3 Å². The fraction of sp³-hybridized carbons (Fsp3) is 0.167. The molecule has 1 saturated heterocycles. The summed E-state index contributed by atoms with van der Waals surface area (Å²) in [6, 6.07) is 14.2. The summed E-state index contributed by atoms with van der Waals surface area (Å²) in [6.45, 7) is 5.28. The fourth-order valence-corrected chi connectivity index (χ4v) is 4.19. The van der Waals surface area contributed by atoms with Gasteiger partial charge in [-0.25, -0.2) is 14.1 Å². The third-order valence-electron chi connectivity index (χ3n) is 6.05. The molecule has 0 unspecified atom stereocenters. The maximum Gasteiger partial charge on any atom is 0.329 e. The number of para-hydroxylation sites is 1. The molecule has 42 heavy (non-hydrogen) atoms. The van der Waals surface area contributed by atoms with Crippen molar-refractivity contribution in [2.75, 3.05) is 18.5 Å². The molecular weight excluding hydrogens is 547 g/mol. The molecule has 0 saturated carbocycles. The number of ether oxygens (including phenoxy) is 2. The van der Waals surface area contributed by atoms with Crippen LogP contribution < -0.4 is 20.1 Å². The number of benzene rings is 3. The van der Waals surface area contributed by atoms with Crippen molar-refractivity contribution in [1.82, 2.24) is 10.2 Å². The summed E-state index contributed by atoms with van der Waals surface area (Å²) >= 11 is 0. The average Bonchev–Trinajstić information content (AvgIpc) is 3.21. The zero-order valence-electron chi connectivity index (χ0n) is 22.6. The molecule has 1 aliphatic heterocycles. The van der Waals surface area contributed by atoms with Gasteiger partial charge in [0.25, 0.3) is 11.6 Å². The van der Waals surface area contributed by atoms with E-state index >= 15 is 0 Å². The lowest BCUT2D eigenvalue weighted by atomic mass is 10.0. The highest BCUT2D eigenvalue weighted by atomic mass is 19.1. The number of urea groups is 1. The number of carbonyl (C=O) groups is 3. The number of non-ortho nitro benzene ring substituents is 1. The molecule has 0 radical (unpaired) electrons. The third kappa shape index (κ3) is 6.97. The monoisotopic (exact) mass is 574 g/mol. The van der Waals surface area contributed by atoms with Gasteiger partial charge in [0.1, 0.15) is 24.7 Å². The topological polar surface area (TPSA) is 140 Å². The van der Waals surface area contributed by atoms with Gasteiger partial charge in [0.2, 0.25) is 5.91 Å². The van der Waals surface area contributed by atoms with Gasteiger partial charge in [-0.05, 0) is 54.8 Å². The van der Waals surface area contributed by atoms with Gasteiger partial charge in [-0.15, -0.1) is 6.58 Å². The van der Waals surface area contributed by atoms with Crippen molar-refractivity contribution in [1.29, 1.82) is 0 Å². The molecule has 11 nitrogen and oxygen atoms in total. The largest absolute Gasteiger partial charge is 0.490 e. The van der Waals surface area contributed by atoms with E-state index in [1.54, 1.807) is 37.3 Å². The number of imide groups is 1. The van der Waals surface area contributed by atoms with Gasteiger partial charge in [-0.3, -0.25) is 19.7 Å². The number of carbonyl (C=O) groups excluding carboxylic acids is 3. The van der Waals surface area contributed by atoms with Crippen LogP contribution in [0.1, 0.15) is 23.6 Å². The summed E-state index contributed by atoms with van der Waals surface area (Å²) in [6.07, 6.45) is 3.46. The van der Waals surface area contributed by atoms with Crippen molar-refractivity contribution in [2.45, 2.75) is 20.0 Å². The van der Waals surface area contributed by atoms with E-state index in [1.165, 1.54) is 42.5 Å². The van der Waals surface area contributed by atoms with Crippen LogP contribution in [-0.2, 0) is 22.6 Å². The molecule has 4 amide bonds. The molecule has 2 N–H and O–H groups in total. The maximum absolute atomic E-state index is 13.9. The van der Waals surface area contributed by atoms with Crippen molar-refractivity contribution in [2.24, 2.45) is 0 Å². The zero-order chi connectivity index (χ0) is 30.2. The molecule has 4 rings (SSSR count). The Kier molecular flexibility index (Phi) is 9.28. The Morgan fingerprint density at radius 1 is 1.14 bits per heavy atom. The molecular formula is C30H27FN4O7. The molecule has 0 spiro atoms. The lowest BCUT2D eigenvalue weighted by Crippen LogP contribution is -2.38. The van der Waals surface area contributed by atoms with Gasteiger partial charge in [-0.2, -0.15) is 0 Å². The quantitative estimate of drug-likeness (QED) is 0.102. The Bertz CT molecular complexity index is 1590. The molecule has 1 heterocycles. The van der Waals surface area contributed by atoms with Crippen molar-refractivity contribution in [3.05, 3.63) is 112 Å². The van der Waals surface area contributed by atoms with Gasteiger partial charge in [0, 0.05) is 17.7 Å². The minimum Gasteiger partial charge on any atom is -0.490 e. The number of rotatable bonds is 12. The lowest BCUT2D eigenvalue weighted by molar-refractivity contribution is -0.384. The Hall–Kier alpha value is -5.52. The van der Waals surface area contributed by atoms with E-state index in [-0.39, 0.29) is 23.7 Å². The number of nitro benzene ring substituents is 1. The summed E-state index contributed by atoms with van der Waals surface area (Å²) in [5.74, 6) is -1.38. The molecule has 0 aromatic heterocycles. The lowest BCUT2D eigenvalue weighted by Gasteiger charge is -2.17. The highest BCUT2D eigenvalue weighted by Crippen LogP contribution is 2.35. The number of allylic oxidation sites excluding steroid dienone is 1. The summed E-state index contributed by atoms with van der Waals surface area (Å²) < 4.78 is 25.7. The van der Waals surface area contributed by atoms with E-state index in [1.807, 2.05) is 0 Å². The summed E-state index contributed by atoms with van der Waals surface area (Å²) in [7, 11) is 0. The molecule has 1 aliphatic rings. The number of nitro groups is 1. The Morgan fingerprint density at radius 2 is 1.93 bits per heavy atom. The average molecular weight is 575 g/mol. The molecule has 3 aromatic carbocycles. The Labute approximate surface area is 240 Å². The summed E-state index contributed by atoms with van der Waals surface area (Å²) in [5, 5.41) is 15.9. The van der Waals surface area contributed by atoms with E-state index in [4.69, 9.17) is 9.47 Å². The van der Waals surface area contributed by atoms with E-state index in [0.717, 1.165) is 0 Å². The van der Waals surface area contributed by atoms with Crippen LogP contribution in [0.25, 0.3) is 6.08 Å². The van der Waals surface area contributed by atoms with E-state index in [9.17, 15) is 28.9 Å². The van der Waals surface area contributed by atoms with Crippen LogP contribution in [-0.4, -0.2) is 40.8 Å². The van der Waals surface area contributed by atoms with E-state index < -0.39 is 35.1 Å². The SMILES string of the molecule is C=CCc1cc(/C=C2/NC(=O)N(CC(=O)Nc3ccccc3F)C2=O)cc(OCC)c1OCc1cccc([N+](=O)[O-])c1. The third-order valence-corrected chi connectivity index (χ3v) is 6.05. The van der Waals surface area contributed by atoms with Crippen LogP contribution >= 0.6 is 0 Å². The smallest absolute Gasteiger partial charge is 0.329 e. The highest BCUT2D eigenvalue weighted by Gasteiger charge is 2.35. The minimum absolute atomic E-state index is 0.0325. The van der Waals surface area contributed by atoms with Crippen LogP contribution in [0.5, 0.6) is 11.5 Å². The highest BCUT2D eigenvalue weighted by molar-refractivity contribution is 6.16. The van der Waals surface area contributed by atoms with Gasteiger partial charge in [0.05, 0.1) is 17.2 Å². The molecule has 0 atom stereocenters. The predicted octanol–water partition coefficient (Wildman–Crippen LogP) is 4.97. The van der Waals surface area contributed by atoms with Gasteiger partial charge in [-0.1, -0.05) is 30.3 Å². The number of hydrogen-bond acceptors (Lipinski definition) is 7. The first-order valence-electron chi connectivity index (χ1n) is 12.9. The van der Waals surface area contributed by atoms with Crippen LogP contribution in [0, 0.1) is 15.9 Å². The maximum atomic E-state index is 13.9.